The molecule has 0 aromatic carbocycles. The molecule has 0 saturated carbocycles. The Morgan fingerprint density at radius 1 is 1.33 bits per heavy atom. The fourth-order valence-electron chi connectivity index (χ4n) is 1.32. The zero-order valence-electron chi connectivity index (χ0n) is 8.67. The fourth-order valence-corrected chi connectivity index (χ4v) is 1.32. The molecule has 0 fully saturated rings. The van der Waals surface area contributed by atoms with Crippen LogP contribution in [0.3, 0.4) is 0 Å². The second-order valence-corrected chi connectivity index (χ2v) is 4.00. The van der Waals surface area contributed by atoms with Crippen LogP contribution in [0.25, 0.3) is 0 Å². The van der Waals surface area contributed by atoms with Gasteiger partial charge in [0.2, 0.25) is 0 Å². The van der Waals surface area contributed by atoms with Crippen molar-refractivity contribution < 1.29 is 10.2 Å². The molecule has 0 radical (unpaired) electrons. The Balaban J connectivity index is 4.29. The molecule has 3 atom stereocenters. The molecule has 0 spiro atoms. The average molecular weight is 174 g/mol. The lowest BCUT2D eigenvalue weighted by Crippen LogP contribution is -2.39. The highest BCUT2D eigenvalue weighted by atomic mass is 16.3. The molecule has 0 aromatic heterocycles. The van der Waals surface area contributed by atoms with E-state index >= 15 is 0 Å². The summed E-state index contributed by atoms with van der Waals surface area (Å²) in [6.07, 6.45) is 1.38. The van der Waals surface area contributed by atoms with Gasteiger partial charge in [0.15, 0.2) is 0 Å². The van der Waals surface area contributed by atoms with Gasteiger partial charge in [0.1, 0.15) is 0 Å². The van der Waals surface area contributed by atoms with Crippen molar-refractivity contribution in [2.24, 2.45) is 11.3 Å². The lowest BCUT2D eigenvalue weighted by atomic mass is 9.76. The molecule has 0 aromatic rings. The van der Waals surface area contributed by atoms with E-state index in [2.05, 4.69) is 6.92 Å². The summed E-state index contributed by atoms with van der Waals surface area (Å²) in [7, 11) is 0. The van der Waals surface area contributed by atoms with Gasteiger partial charge >= 0.3 is 0 Å². The van der Waals surface area contributed by atoms with Crippen molar-refractivity contribution >= 4 is 0 Å². The van der Waals surface area contributed by atoms with E-state index in [1.165, 1.54) is 0 Å². The minimum atomic E-state index is -0.391. The number of aliphatic hydroxyl groups excluding tert-OH is 2. The Morgan fingerprint density at radius 3 is 2.08 bits per heavy atom. The SMILES string of the molecule is CC[C@@H](C)[C@H](O)[C@](C)(CC)CO. The van der Waals surface area contributed by atoms with Gasteiger partial charge in [0.05, 0.1) is 12.7 Å². The van der Waals surface area contributed by atoms with Crippen LogP contribution in [0.5, 0.6) is 0 Å². The molecule has 0 heterocycles. The zero-order valence-corrected chi connectivity index (χ0v) is 8.67. The van der Waals surface area contributed by atoms with Crippen molar-refractivity contribution in [3.05, 3.63) is 0 Å². The van der Waals surface area contributed by atoms with E-state index in [9.17, 15) is 5.11 Å². The summed E-state index contributed by atoms with van der Waals surface area (Å²) in [6.45, 7) is 8.08. The monoisotopic (exact) mass is 174 g/mol. The van der Waals surface area contributed by atoms with Crippen molar-refractivity contribution in [1.29, 1.82) is 0 Å². The first-order valence-electron chi connectivity index (χ1n) is 4.80. The molecule has 12 heavy (non-hydrogen) atoms. The summed E-state index contributed by atoms with van der Waals surface area (Å²) in [6, 6.07) is 0. The topological polar surface area (TPSA) is 40.5 Å². The van der Waals surface area contributed by atoms with Crippen molar-refractivity contribution in [2.45, 2.75) is 46.6 Å². The highest BCUT2D eigenvalue weighted by Gasteiger charge is 2.33. The molecule has 0 saturated heterocycles. The third-order valence-corrected chi connectivity index (χ3v) is 3.07. The van der Waals surface area contributed by atoms with Gasteiger partial charge in [-0.05, 0) is 12.3 Å². The van der Waals surface area contributed by atoms with Gasteiger partial charge in [0, 0.05) is 5.41 Å². The van der Waals surface area contributed by atoms with Crippen LogP contribution >= 0.6 is 0 Å². The second kappa shape index (κ2) is 4.83. The molecule has 0 aliphatic carbocycles. The summed E-state index contributed by atoms with van der Waals surface area (Å²) in [4.78, 5) is 0. The smallest absolute Gasteiger partial charge is 0.0641 e. The van der Waals surface area contributed by atoms with Gasteiger partial charge in [-0.15, -0.1) is 0 Å². The Kier molecular flexibility index (Phi) is 4.80. The maximum Gasteiger partial charge on any atom is 0.0641 e. The van der Waals surface area contributed by atoms with E-state index in [-0.39, 0.29) is 17.9 Å². The summed E-state index contributed by atoms with van der Waals surface area (Å²) < 4.78 is 0. The first-order chi connectivity index (χ1) is 5.51. The summed E-state index contributed by atoms with van der Waals surface area (Å²) in [5, 5.41) is 19.0. The van der Waals surface area contributed by atoms with Crippen molar-refractivity contribution in [3.63, 3.8) is 0 Å². The highest BCUT2D eigenvalue weighted by molar-refractivity contribution is 4.83. The van der Waals surface area contributed by atoms with Gasteiger partial charge in [-0.3, -0.25) is 0 Å². The molecule has 74 valence electrons. The van der Waals surface area contributed by atoms with Crippen LogP contribution in [-0.2, 0) is 0 Å². The predicted octanol–water partition coefficient (Wildman–Crippen LogP) is 1.80. The van der Waals surface area contributed by atoms with Crippen LogP contribution in [0.4, 0.5) is 0 Å². The molecular formula is C10H22O2. The van der Waals surface area contributed by atoms with Gasteiger partial charge in [-0.1, -0.05) is 34.1 Å². The number of aliphatic hydroxyl groups is 2. The molecule has 0 aliphatic rings. The summed E-state index contributed by atoms with van der Waals surface area (Å²) >= 11 is 0. The van der Waals surface area contributed by atoms with Crippen LogP contribution < -0.4 is 0 Å². The van der Waals surface area contributed by atoms with E-state index in [1.807, 2.05) is 20.8 Å². The molecule has 0 unspecified atom stereocenters. The molecule has 0 aliphatic heterocycles. The summed E-state index contributed by atoms with van der Waals surface area (Å²) in [5.74, 6) is 0.266. The van der Waals surface area contributed by atoms with E-state index in [0.717, 1.165) is 12.8 Å². The van der Waals surface area contributed by atoms with E-state index in [4.69, 9.17) is 5.11 Å². The first kappa shape index (κ1) is 11.9. The van der Waals surface area contributed by atoms with Crippen molar-refractivity contribution in [2.75, 3.05) is 6.61 Å². The molecule has 2 nitrogen and oxygen atoms in total. The normalized spacial score (nSPS) is 21.5. The second-order valence-electron chi connectivity index (χ2n) is 4.00. The minimum Gasteiger partial charge on any atom is -0.396 e. The maximum atomic E-state index is 9.88. The van der Waals surface area contributed by atoms with E-state index in [0.29, 0.717) is 0 Å². The van der Waals surface area contributed by atoms with Crippen LogP contribution in [0.2, 0.25) is 0 Å². The largest absolute Gasteiger partial charge is 0.396 e. The average Bonchev–Trinajstić information content (AvgIpc) is 2.14. The van der Waals surface area contributed by atoms with Gasteiger partial charge in [-0.2, -0.15) is 0 Å². The molecule has 2 heteroatoms. The summed E-state index contributed by atoms with van der Waals surface area (Å²) in [5.41, 5.74) is -0.324. The van der Waals surface area contributed by atoms with Crippen LogP contribution in [0.1, 0.15) is 40.5 Å². The number of hydrogen-bond acceptors (Lipinski definition) is 2. The standard InChI is InChI=1S/C10H22O2/c1-5-8(3)9(12)10(4,6-2)7-11/h8-9,11-12H,5-7H2,1-4H3/t8-,9+,10-/m1/s1. The van der Waals surface area contributed by atoms with E-state index in [1.54, 1.807) is 0 Å². The van der Waals surface area contributed by atoms with Crippen LogP contribution in [0, 0.1) is 11.3 Å². The number of hydrogen-bond donors (Lipinski definition) is 2. The lowest BCUT2D eigenvalue weighted by Gasteiger charge is -2.35. The molecular weight excluding hydrogens is 152 g/mol. The van der Waals surface area contributed by atoms with Gasteiger partial charge in [0.25, 0.3) is 0 Å². The fraction of sp³-hybridized carbons (Fsp3) is 1.00. The van der Waals surface area contributed by atoms with Crippen molar-refractivity contribution in [3.8, 4) is 0 Å². The quantitative estimate of drug-likeness (QED) is 0.667. The minimum absolute atomic E-state index is 0.0645. The highest BCUT2D eigenvalue weighted by Crippen LogP contribution is 2.30. The van der Waals surface area contributed by atoms with Crippen LogP contribution in [0.15, 0.2) is 0 Å². The predicted molar refractivity (Wildman–Crippen MR) is 50.9 cm³/mol. The van der Waals surface area contributed by atoms with Gasteiger partial charge in [-0.25, -0.2) is 0 Å². The number of rotatable bonds is 5. The third-order valence-electron chi connectivity index (χ3n) is 3.07. The lowest BCUT2D eigenvalue weighted by molar-refractivity contribution is -0.0395. The Hall–Kier alpha value is -0.0800. The maximum absolute atomic E-state index is 9.88. The Morgan fingerprint density at radius 2 is 1.83 bits per heavy atom. The Labute approximate surface area is 75.6 Å². The molecule has 0 bridgehead atoms. The molecule has 0 amide bonds. The van der Waals surface area contributed by atoms with Crippen LogP contribution in [-0.4, -0.2) is 22.9 Å². The van der Waals surface area contributed by atoms with Crippen molar-refractivity contribution in [1.82, 2.24) is 0 Å². The third kappa shape index (κ3) is 2.46. The molecule has 0 rings (SSSR count). The molecule has 2 N–H and O–H groups in total. The Bertz CT molecular complexity index is 119. The first-order valence-corrected chi connectivity index (χ1v) is 4.80. The zero-order chi connectivity index (χ0) is 9.78. The van der Waals surface area contributed by atoms with E-state index < -0.39 is 6.10 Å². The van der Waals surface area contributed by atoms with Gasteiger partial charge < -0.3 is 10.2 Å².